The van der Waals surface area contributed by atoms with Crippen LogP contribution in [0.3, 0.4) is 0 Å². The molecule has 1 saturated heterocycles. The first-order valence-corrected chi connectivity index (χ1v) is 10.7. The number of hydrogen-bond acceptors (Lipinski definition) is 2. The molecule has 156 valence electrons. The summed E-state index contributed by atoms with van der Waals surface area (Å²) in [5.41, 5.74) is 2.67. The molecule has 0 saturated carbocycles. The lowest BCUT2D eigenvalue weighted by molar-refractivity contribution is -0.128. The van der Waals surface area contributed by atoms with Crippen LogP contribution in [0.15, 0.2) is 29.3 Å². The molecule has 1 heterocycles. The summed E-state index contributed by atoms with van der Waals surface area (Å²) in [6.45, 7) is 10.0. The molecule has 0 aromatic heterocycles. The standard InChI is InChI=1S/C23H38N4O/c1-5-6-9-14-23(2,3)18-26-22(24-4)25-16-19-11-7-8-12-20(19)17-27-15-10-13-21(27)28/h7-8,11-12H,5-6,9-10,13-18H2,1-4H3,(H2,24,25,26). The normalized spacial score (nSPS) is 15.2. The van der Waals surface area contributed by atoms with E-state index in [0.717, 1.165) is 25.5 Å². The Morgan fingerprint density at radius 3 is 2.57 bits per heavy atom. The van der Waals surface area contributed by atoms with Gasteiger partial charge in [0.05, 0.1) is 0 Å². The number of benzene rings is 1. The average molecular weight is 387 g/mol. The second kappa shape index (κ2) is 11.1. The van der Waals surface area contributed by atoms with E-state index in [9.17, 15) is 4.79 Å². The molecule has 2 rings (SSSR count). The van der Waals surface area contributed by atoms with E-state index in [-0.39, 0.29) is 11.3 Å². The molecule has 0 radical (unpaired) electrons. The molecule has 0 aliphatic carbocycles. The molecule has 28 heavy (non-hydrogen) atoms. The van der Waals surface area contributed by atoms with Crippen molar-refractivity contribution in [1.82, 2.24) is 15.5 Å². The lowest BCUT2D eigenvalue weighted by Gasteiger charge is -2.26. The van der Waals surface area contributed by atoms with Gasteiger partial charge in [-0.25, -0.2) is 0 Å². The predicted molar refractivity (Wildman–Crippen MR) is 117 cm³/mol. The highest BCUT2D eigenvalue weighted by Gasteiger charge is 2.21. The van der Waals surface area contributed by atoms with E-state index in [1.807, 2.05) is 18.0 Å². The highest BCUT2D eigenvalue weighted by atomic mass is 16.2. The van der Waals surface area contributed by atoms with Crippen LogP contribution in [0.5, 0.6) is 0 Å². The fourth-order valence-electron chi connectivity index (χ4n) is 3.63. The first-order chi connectivity index (χ1) is 13.4. The molecule has 1 fully saturated rings. The highest BCUT2D eigenvalue weighted by Crippen LogP contribution is 2.22. The summed E-state index contributed by atoms with van der Waals surface area (Å²) in [6.07, 6.45) is 6.72. The Kier molecular flexibility index (Phi) is 8.81. The molecule has 0 unspecified atom stereocenters. The number of aliphatic imine (C=N–C) groups is 1. The third-order valence-electron chi connectivity index (χ3n) is 5.51. The molecule has 0 spiro atoms. The smallest absolute Gasteiger partial charge is 0.222 e. The number of guanidine groups is 1. The van der Waals surface area contributed by atoms with Gasteiger partial charge in [-0.1, -0.05) is 64.3 Å². The Hall–Kier alpha value is -2.04. The summed E-state index contributed by atoms with van der Waals surface area (Å²) in [7, 11) is 1.81. The third kappa shape index (κ3) is 7.17. The summed E-state index contributed by atoms with van der Waals surface area (Å²) in [4.78, 5) is 18.3. The fourth-order valence-corrected chi connectivity index (χ4v) is 3.63. The second-order valence-electron chi connectivity index (χ2n) is 8.59. The SMILES string of the molecule is CCCCCC(C)(C)CNC(=NC)NCc1ccccc1CN1CCCC1=O. The van der Waals surface area contributed by atoms with Crippen LogP contribution in [-0.4, -0.2) is 36.9 Å². The molecular formula is C23H38N4O. The minimum atomic E-state index is 0.251. The lowest BCUT2D eigenvalue weighted by Crippen LogP contribution is -2.41. The molecule has 1 aromatic carbocycles. The van der Waals surface area contributed by atoms with Crippen molar-refractivity contribution in [3.8, 4) is 0 Å². The van der Waals surface area contributed by atoms with Crippen LogP contribution >= 0.6 is 0 Å². The average Bonchev–Trinajstić information content (AvgIpc) is 3.08. The number of hydrogen-bond donors (Lipinski definition) is 2. The lowest BCUT2D eigenvalue weighted by atomic mass is 9.87. The number of likely N-dealkylation sites (tertiary alicyclic amines) is 1. The Bertz CT molecular complexity index is 654. The summed E-state index contributed by atoms with van der Waals surface area (Å²) in [5, 5.41) is 6.92. The van der Waals surface area contributed by atoms with Crippen LogP contribution in [0.25, 0.3) is 0 Å². The molecule has 1 aliphatic rings. The van der Waals surface area contributed by atoms with Gasteiger partial charge in [0.15, 0.2) is 5.96 Å². The van der Waals surface area contributed by atoms with Crippen LogP contribution in [0, 0.1) is 5.41 Å². The van der Waals surface area contributed by atoms with E-state index in [4.69, 9.17) is 0 Å². The van der Waals surface area contributed by atoms with Crippen LogP contribution in [-0.2, 0) is 17.9 Å². The zero-order valence-electron chi connectivity index (χ0n) is 18.2. The van der Waals surface area contributed by atoms with Crippen molar-refractivity contribution in [3.63, 3.8) is 0 Å². The number of unbranched alkanes of at least 4 members (excludes halogenated alkanes) is 2. The van der Waals surface area contributed by atoms with Gasteiger partial charge >= 0.3 is 0 Å². The number of carbonyl (C=O) groups excluding carboxylic acids is 1. The van der Waals surface area contributed by atoms with Crippen molar-refractivity contribution in [2.45, 2.75) is 72.4 Å². The van der Waals surface area contributed by atoms with Crippen molar-refractivity contribution in [2.75, 3.05) is 20.1 Å². The van der Waals surface area contributed by atoms with Crippen molar-refractivity contribution < 1.29 is 4.79 Å². The number of rotatable bonds is 10. The van der Waals surface area contributed by atoms with Crippen molar-refractivity contribution in [2.24, 2.45) is 10.4 Å². The van der Waals surface area contributed by atoms with Gasteiger partial charge in [0.1, 0.15) is 0 Å². The molecule has 2 N–H and O–H groups in total. The molecule has 1 aromatic rings. The van der Waals surface area contributed by atoms with E-state index in [0.29, 0.717) is 19.5 Å². The van der Waals surface area contributed by atoms with Gasteiger partial charge in [0.25, 0.3) is 0 Å². The molecule has 0 bridgehead atoms. The molecule has 5 heteroatoms. The van der Waals surface area contributed by atoms with Crippen molar-refractivity contribution >= 4 is 11.9 Å². The van der Waals surface area contributed by atoms with Gasteiger partial charge in [-0.2, -0.15) is 0 Å². The van der Waals surface area contributed by atoms with Crippen LogP contribution < -0.4 is 10.6 Å². The van der Waals surface area contributed by atoms with Gasteiger partial charge < -0.3 is 15.5 Å². The minimum absolute atomic E-state index is 0.251. The Morgan fingerprint density at radius 1 is 1.18 bits per heavy atom. The van der Waals surface area contributed by atoms with Crippen LogP contribution in [0.1, 0.15) is 70.4 Å². The van der Waals surface area contributed by atoms with E-state index in [1.165, 1.54) is 36.8 Å². The molecule has 1 aliphatic heterocycles. The van der Waals surface area contributed by atoms with Gasteiger partial charge in [-0.3, -0.25) is 9.79 Å². The Morgan fingerprint density at radius 2 is 1.93 bits per heavy atom. The van der Waals surface area contributed by atoms with E-state index in [2.05, 4.69) is 54.6 Å². The number of amides is 1. The Balaban J connectivity index is 1.87. The zero-order valence-corrected chi connectivity index (χ0v) is 18.2. The molecular weight excluding hydrogens is 348 g/mol. The molecule has 1 amide bonds. The largest absolute Gasteiger partial charge is 0.356 e. The van der Waals surface area contributed by atoms with Crippen LogP contribution in [0.4, 0.5) is 0 Å². The first-order valence-electron chi connectivity index (χ1n) is 10.7. The molecule has 5 nitrogen and oxygen atoms in total. The van der Waals surface area contributed by atoms with Gasteiger partial charge in [-0.05, 0) is 29.4 Å². The summed E-state index contributed by atoms with van der Waals surface area (Å²) >= 11 is 0. The summed E-state index contributed by atoms with van der Waals surface area (Å²) < 4.78 is 0. The van der Waals surface area contributed by atoms with E-state index < -0.39 is 0 Å². The third-order valence-corrected chi connectivity index (χ3v) is 5.51. The van der Waals surface area contributed by atoms with E-state index in [1.54, 1.807) is 0 Å². The fraction of sp³-hybridized carbons (Fsp3) is 0.652. The maximum absolute atomic E-state index is 12.0. The summed E-state index contributed by atoms with van der Waals surface area (Å²) in [6, 6.07) is 8.35. The van der Waals surface area contributed by atoms with Crippen LogP contribution in [0.2, 0.25) is 0 Å². The zero-order chi connectivity index (χ0) is 20.4. The van der Waals surface area contributed by atoms with Crippen molar-refractivity contribution in [3.05, 3.63) is 35.4 Å². The summed E-state index contributed by atoms with van der Waals surface area (Å²) in [5.74, 6) is 1.10. The first kappa shape index (κ1) is 22.3. The van der Waals surface area contributed by atoms with Gasteiger partial charge in [0, 0.05) is 39.6 Å². The monoisotopic (exact) mass is 386 g/mol. The Labute approximate surface area is 171 Å². The maximum atomic E-state index is 12.0. The topological polar surface area (TPSA) is 56.7 Å². The number of nitrogens with zero attached hydrogens (tertiary/aromatic N) is 2. The van der Waals surface area contributed by atoms with Gasteiger partial charge in [0.2, 0.25) is 5.91 Å². The number of nitrogens with one attached hydrogen (secondary N) is 2. The minimum Gasteiger partial charge on any atom is -0.356 e. The highest BCUT2D eigenvalue weighted by molar-refractivity contribution is 5.79. The molecule has 0 atom stereocenters. The van der Waals surface area contributed by atoms with E-state index >= 15 is 0 Å². The maximum Gasteiger partial charge on any atom is 0.222 e. The second-order valence-corrected chi connectivity index (χ2v) is 8.59. The quantitative estimate of drug-likeness (QED) is 0.362. The van der Waals surface area contributed by atoms with Gasteiger partial charge in [-0.15, -0.1) is 0 Å². The predicted octanol–water partition coefficient (Wildman–Crippen LogP) is 4.08. The number of carbonyl (C=O) groups is 1. The van der Waals surface area contributed by atoms with Crippen molar-refractivity contribution in [1.29, 1.82) is 0 Å².